The number of carbonyl (C=O) groups is 1. The molecule has 0 fully saturated rings. The second kappa shape index (κ2) is 5.29. The molecule has 82 valence electrons. The van der Waals surface area contributed by atoms with Crippen molar-refractivity contribution in [3.05, 3.63) is 23.8 Å². The van der Waals surface area contributed by atoms with E-state index in [1.807, 2.05) is 0 Å². The number of hydrogen-bond acceptors (Lipinski definition) is 4. The lowest BCUT2D eigenvalue weighted by Crippen LogP contribution is -2.03. The molecule has 0 saturated heterocycles. The number of ether oxygens (including phenoxy) is 1. The molecule has 1 aromatic carbocycles. The van der Waals surface area contributed by atoms with E-state index in [-0.39, 0.29) is 10.5 Å². The van der Waals surface area contributed by atoms with Gasteiger partial charge in [0.25, 0.3) is 0 Å². The van der Waals surface area contributed by atoms with Crippen LogP contribution < -0.4 is 0 Å². The maximum Gasteiger partial charge on any atom is 0.337 e. The van der Waals surface area contributed by atoms with Gasteiger partial charge in [-0.1, -0.05) is 0 Å². The number of methoxy groups -OCH3 is 1. The lowest BCUT2D eigenvalue weighted by atomic mass is 10.2. The second-order valence-electron chi connectivity index (χ2n) is 2.61. The number of hydrogen-bond donors (Lipinski definition) is 1. The van der Waals surface area contributed by atoms with Crippen LogP contribution in [0.15, 0.2) is 28.0 Å². The Morgan fingerprint density at radius 1 is 1.53 bits per heavy atom. The smallest absolute Gasteiger partial charge is 0.337 e. The van der Waals surface area contributed by atoms with Crippen molar-refractivity contribution in [2.75, 3.05) is 13.4 Å². The average Bonchev–Trinajstić information content (AvgIpc) is 2.27. The minimum Gasteiger partial charge on any atom is -0.465 e. The van der Waals surface area contributed by atoms with E-state index in [1.54, 1.807) is 18.4 Å². The zero-order valence-electron chi connectivity index (χ0n) is 8.22. The van der Waals surface area contributed by atoms with Crippen LogP contribution in [0.4, 0.5) is 0 Å². The van der Waals surface area contributed by atoms with Gasteiger partial charge >= 0.3 is 5.97 Å². The molecule has 4 nitrogen and oxygen atoms in total. The van der Waals surface area contributed by atoms with Crippen LogP contribution in [0.1, 0.15) is 10.4 Å². The number of benzene rings is 1. The molecule has 0 saturated carbocycles. The van der Waals surface area contributed by atoms with Crippen molar-refractivity contribution >= 4 is 28.8 Å². The molecule has 0 heterocycles. The summed E-state index contributed by atoms with van der Waals surface area (Å²) in [6, 6.07) is 4.56. The molecule has 6 heteroatoms. The van der Waals surface area contributed by atoms with E-state index in [0.29, 0.717) is 4.90 Å². The molecule has 0 aliphatic rings. The summed E-state index contributed by atoms with van der Waals surface area (Å²) in [5, 5.41) is 0. The first-order valence-corrected chi connectivity index (χ1v) is 6.30. The van der Waals surface area contributed by atoms with Crippen LogP contribution in [0.2, 0.25) is 0 Å². The fourth-order valence-electron chi connectivity index (χ4n) is 1.06. The summed E-state index contributed by atoms with van der Waals surface area (Å²) in [6.07, 6.45) is 1.80. The highest BCUT2D eigenvalue weighted by molar-refractivity contribution is 7.99. The highest BCUT2D eigenvalue weighted by Crippen LogP contribution is 2.24. The van der Waals surface area contributed by atoms with Crippen molar-refractivity contribution in [1.29, 1.82) is 0 Å². The minimum absolute atomic E-state index is 0.227. The Morgan fingerprint density at radius 3 is 2.67 bits per heavy atom. The van der Waals surface area contributed by atoms with Gasteiger partial charge in [-0.05, 0) is 24.5 Å². The van der Waals surface area contributed by atoms with Crippen molar-refractivity contribution in [1.82, 2.24) is 0 Å². The van der Waals surface area contributed by atoms with E-state index in [2.05, 4.69) is 4.74 Å². The number of rotatable bonds is 3. The molecule has 0 amide bonds. The molecule has 1 atom stereocenters. The Balaban J connectivity index is 3.22. The van der Waals surface area contributed by atoms with Gasteiger partial charge in [-0.25, -0.2) is 9.00 Å². The van der Waals surface area contributed by atoms with Gasteiger partial charge in [0.1, 0.15) is 0 Å². The van der Waals surface area contributed by atoms with Gasteiger partial charge in [-0.3, -0.25) is 0 Å². The van der Waals surface area contributed by atoms with Crippen LogP contribution in [0.5, 0.6) is 0 Å². The fourth-order valence-corrected chi connectivity index (χ4v) is 2.45. The summed E-state index contributed by atoms with van der Waals surface area (Å²) in [5.74, 6) is -0.519. The van der Waals surface area contributed by atoms with E-state index < -0.39 is 17.0 Å². The molecule has 0 aliphatic heterocycles. The Labute approximate surface area is 94.3 Å². The SMILES string of the molecule is COC(=O)c1ccc(SC)c(S(=O)O)c1. The molecular weight excluding hydrogens is 236 g/mol. The fraction of sp³-hybridized carbons (Fsp3) is 0.222. The summed E-state index contributed by atoms with van der Waals surface area (Å²) < 4.78 is 24.5. The third-order valence-electron chi connectivity index (χ3n) is 1.77. The molecule has 1 N–H and O–H groups in total. The summed E-state index contributed by atoms with van der Waals surface area (Å²) in [7, 11) is 1.26. The molecule has 15 heavy (non-hydrogen) atoms. The lowest BCUT2D eigenvalue weighted by Gasteiger charge is -2.05. The van der Waals surface area contributed by atoms with Crippen LogP contribution in [-0.4, -0.2) is 28.1 Å². The Hall–Kier alpha value is -0.850. The van der Waals surface area contributed by atoms with Crippen molar-refractivity contribution in [2.45, 2.75) is 9.79 Å². The van der Waals surface area contributed by atoms with Crippen molar-refractivity contribution < 1.29 is 18.3 Å². The number of thioether (sulfide) groups is 1. The Kier molecular flexibility index (Phi) is 4.31. The number of esters is 1. The first-order valence-electron chi connectivity index (χ1n) is 3.97. The highest BCUT2D eigenvalue weighted by atomic mass is 32.2. The van der Waals surface area contributed by atoms with Crippen LogP contribution in [0.25, 0.3) is 0 Å². The van der Waals surface area contributed by atoms with Crippen LogP contribution in [-0.2, 0) is 15.8 Å². The first kappa shape index (κ1) is 12.2. The standard InChI is InChI=1S/C9H10O4S2/c1-13-9(10)6-3-4-7(14-2)8(5-6)15(11)12/h3-5H,1-2H3,(H,11,12). The van der Waals surface area contributed by atoms with Gasteiger partial charge in [0.15, 0.2) is 11.1 Å². The van der Waals surface area contributed by atoms with Gasteiger partial charge in [0.2, 0.25) is 0 Å². The summed E-state index contributed by atoms with van der Waals surface area (Å²) in [6.45, 7) is 0. The molecule has 0 aliphatic carbocycles. The van der Waals surface area contributed by atoms with E-state index in [9.17, 15) is 9.00 Å². The number of carbonyl (C=O) groups excluding carboxylic acids is 1. The second-order valence-corrected chi connectivity index (χ2v) is 4.39. The van der Waals surface area contributed by atoms with Crippen molar-refractivity contribution in [2.24, 2.45) is 0 Å². The zero-order valence-corrected chi connectivity index (χ0v) is 9.85. The molecule has 1 unspecified atom stereocenters. The summed E-state index contributed by atoms with van der Waals surface area (Å²) >= 11 is -0.751. The Bertz CT molecular complexity index is 403. The lowest BCUT2D eigenvalue weighted by molar-refractivity contribution is 0.0600. The zero-order chi connectivity index (χ0) is 11.4. The summed E-state index contributed by atoms with van der Waals surface area (Å²) in [5.41, 5.74) is 0.271. The third-order valence-corrected chi connectivity index (χ3v) is 3.41. The first-order chi connectivity index (χ1) is 7.10. The largest absolute Gasteiger partial charge is 0.465 e. The molecule has 0 aromatic heterocycles. The highest BCUT2D eigenvalue weighted by Gasteiger charge is 2.12. The van der Waals surface area contributed by atoms with Crippen molar-refractivity contribution in [3.8, 4) is 0 Å². The molecular formula is C9H10O4S2. The quantitative estimate of drug-likeness (QED) is 0.500. The third kappa shape index (κ3) is 2.80. The molecule has 0 radical (unpaired) electrons. The van der Waals surface area contributed by atoms with Gasteiger partial charge in [-0.15, -0.1) is 11.8 Å². The van der Waals surface area contributed by atoms with Crippen LogP contribution >= 0.6 is 11.8 Å². The van der Waals surface area contributed by atoms with Crippen LogP contribution in [0, 0.1) is 0 Å². The van der Waals surface area contributed by atoms with Gasteiger partial charge in [-0.2, -0.15) is 0 Å². The van der Waals surface area contributed by atoms with E-state index in [4.69, 9.17) is 4.55 Å². The predicted octanol–water partition coefficient (Wildman–Crippen LogP) is 1.78. The predicted molar refractivity (Wildman–Crippen MR) is 58.6 cm³/mol. The van der Waals surface area contributed by atoms with Gasteiger partial charge < -0.3 is 9.29 Å². The monoisotopic (exact) mass is 246 g/mol. The normalized spacial score (nSPS) is 12.2. The van der Waals surface area contributed by atoms with Gasteiger partial charge in [0.05, 0.1) is 17.6 Å². The maximum absolute atomic E-state index is 11.2. The minimum atomic E-state index is -2.10. The average molecular weight is 246 g/mol. The van der Waals surface area contributed by atoms with E-state index in [1.165, 1.54) is 24.9 Å². The van der Waals surface area contributed by atoms with Crippen molar-refractivity contribution in [3.63, 3.8) is 0 Å². The van der Waals surface area contributed by atoms with E-state index >= 15 is 0 Å². The molecule has 1 rings (SSSR count). The molecule has 0 spiro atoms. The summed E-state index contributed by atoms with van der Waals surface area (Å²) in [4.78, 5) is 12.1. The molecule has 0 bridgehead atoms. The molecule has 1 aromatic rings. The maximum atomic E-state index is 11.2. The van der Waals surface area contributed by atoms with E-state index in [0.717, 1.165) is 0 Å². The van der Waals surface area contributed by atoms with Gasteiger partial charge in [0, 0.05) is 4.90 Å². The Morgan fingerprint density at radius 2 is 2.20 bits per heavy atom. The van der Waals surface area contributed by atoms with Crippen LogP contribution in [0.3, 0.4) is 0 Å². The topological polar surface area (TPSA) is 63.6 Å².